The van der Waals surface area contributed by atoms with E-state index in [4.69, 9.17) is 9.90 Å². The zero-order chi connectivity index (χ0) is 19.9. The van der Waals surface area contributed by atoms with Gasteiger partial charge in [-0.2, -0.15) is 0 Å². The molecule has 0 unspecified atom stereocenters. The van der Waals surface area contributed by atoms with Crippen molar-refractivity contribution in [1.82, 2.24) is 15.3 Å². The predicted molar refractivity (Wildman–Crippen MR) is 108 cm³/mol. The number of piperidine rings is 1. The molecular weight excluding hydrogens is 357 g/mol. The maximum atomic E-state index is 13.3. The largest absolute Gasteiger partial charge is 0.481 e. The molecule has 1 aromatic carbocycles. The first-order chi connectivity index (χ1) is 13.5. The van der Waals surface area contributed by atoms with E-state index in [-0.39, 0.29) is 5.82 Å². The van der Waals surface area contributed by atoms with Gasteiger partial charge in [0.05, 0.1) is 5.69 Å². The van der Waals surface area contributed by atoms with Crippen molar-refractivity contribution in [3.8, 4) is 22.4 Å². The zero-order valence-electron chi connectivity index (χ0n) is 15.8. The average Bonchev–Trinajstić information content (AvgIpc) is 3.15. The fraction of sp³-hybridized carbons (Fsp3) is 0.273. The molecule has 1 aliphatic rings. The number of H-pyrrole nitrogens is 1. The summed E-state index contributed by atoms with van der Waals surface area (Å²) in [7, 11) is 0. The second-order valence-corrected chi connectivity index (χ2v) is 6.80. The first-order valence-corrected chi connectivity index (χ1v) is 9.34. The van der Waals surface area contributed by atoms with Gasteiger partial charge in [0.2, 0.25) is 0 Å². The van der Waals surface area contributed by atoms with Gasteiger partial charge in [-0.05, 0) is 79.5 Å². The van der Waals surface area contributed by atoms with E-state index in [0.29, 0.717) is 5.92 Å². The average molecular weight is 381 g/mol. The zero-order valence-corrected chi connectivity index (χ0v) is 15.8. The number of aliphatic carboxylic acids is 1. The monoisotopic (exact) mass is 381 g/mol. The van der Waals surface area contributed by atoms with Gasteiger partial charge in [0.15, 0.2) is 0 Å². The number of hydrogen-bond acceptors (Lipinski definition) is 3. The highest BCUT2D eigenvalue weighted by molar-refractivity contribution is 5.82. The van der Waals surface area contributed by atoms with E-state index in [2.05, 4.69) is 21.4 Å². The normalized spacial score (nSPS) is 14.2. The Morgan fingerprint density at radius 1 is 1.07 bits per heavy atom. The number of nitrogens with one attached hydrogen (secondary N) is 2. The van der Waals surface area contributed by atoms with Crippen LogP contribution in [0.3, 0.4) is 0 Å². The molecule has 0 bridgehead atoms. The molecule has 1 aliphatic heterocycles. The van der Waals surface area contributed by atoms with Crippen LogP contribution in [0.1, 0.15) is 31.4 Å². The van der Waals surface area contributed by atoms with E-state index < -0.39 is 5.97 Å². The van der Waals surface area contributed by atoms with Gasteiger partial charge in [0, 0.05) is 36.5 Å². The van der Waals surface area contributed by atoms with Crippen LogP contribution in [0.5, 0.6) is 0 Å². The Balaban J connectivity index is 0.000000516. The molecule has 4 rings (SSSR count). The maximum absolute atomic E-state index is 13.3. The third-order valence-electron chi connectivity index (χ3n) is 4.74. The molecule has 2 aromatic heterocycles. The summed E-state index contributed by atoms with van der Waals surface area (Å²) >= 11 is 0. The Morgan fingerprint density at radius 3 is 2.29 bits per heavy atom. The number of rotatable bonds is 3. The van der Waals surface area contributed by atoms with E-state index in [0.717, 1.165) is 55.2 Å². The Labute approximate surface area is 163 Å². The van der Waals surface area contributed by atoms with Crippen LogP contribution in [-0.2, 0) is 4.79 Å². The molecule has 0 spiro atoms. The summed E-state index contributed by atoms with van der Waals surface area (Å²) in [5, 5.41) is 10.8. The number of pyridine rings is 1. The second-order valence-electron chi connectivity index (χ2n) is 6.80. The van der Waals surface area contributed by atoms with E-state index in [1.165, 1.54) is 17.8 Å². The van der Waals surface area contributed by atoms with E-state index in [1.54, 1.807) is 12.4 Å². The number of carboxylic acids is 1. The van der Waals surface area contributed by atoms with Gasteiger partial charge in [0.1, 0.15) is 5.82 Å². The SMILES string of the molecule is CC(=O)O.Fc1ccc(-c2[nH]c(C3CCNCC3)cc2-c2ccncc2)cc1. The summed E-state index contributed by atoms with van der Waals surface area (Å²) in [6, 6.07) is 13.0. The molecule has 28 heavy (non-hydrogen) atoms. The highest BCUT2D eigenvalue weighted by Crippen LogP contribution is 2.36. The molecule has 0 radical (unpaired) electrons. The number of carboxylic acid groups (broad SMARTS) is 1. The topological polar surface area (TPSA) is 78.0 Å². The first kappa shape index (κ1) is 19.8. The fourth-order valence-corrected chi connectivity index (χ4v) is 3.43. The molecular formula is C22H24FN3O2. The molecule has 1 saturated heterocycles. The highest BCUT2D eigenvalue weighted by atomic mass is 19.1. The second kappa shape index (κ2) is 9.28. The minimum Gasteiger partial charge on any atom is -0.481 e. The van der Waals surface area contributed by atoms with Gasteiger partial charge in [-0.15, -0.1) is 0 Å². The summed E-state index contributed by atoms with van der Waals surface area (Å²) in [5.74, 6) is -0.504. The van der Waals surface area contributed by atoms with Crippen molar-refractivity contribution < 1.29 is 14.3 Å². The van der Waals surface area contributed by atoms with E-state index in [1.807, 2.05) is 24.3 Å². The van der Waals surface area contributed by atoms with Crippen molar-refractivity contribution in [2.24, 2.45) is 0 Å². The number of nitrogens with zero attached hydrogens (tertiary/aromatic N) is 1. The van der Waals surface area contributed by atoms with Crippen LogP contribution < -0.4 is 5.32 Å². The van der Waals surface area contributed by atoms with Gasteiger partial charge >= 0.3 is 0 Å². The van der Waals surface area contributed by atoms with Crippen LogP contribution in [0.2, 0.25) is 0 Å². The van der Waals surface area contributed by atoms with Crippen molar-refractivity contribution in [2.75, 3.05) is 13.1 Å². The molecule has 1 fully saturated rings. The van der Waals surface area contributed by atoms with E-state index >= 15 is 0 Å². The van der Waals surface area contributed by atoms with Crippen LogP contribution in [0.4, 0.5) is 4.39 Å². The third kappa shape index (κ3) is 5.04. The molecule has 6 heteroatoms. The number of benzene rings is 1. The molecule has 3 N–H and O–H groups in total. The van der Waals surface area contributed by atoms with Crippen molar-refractivity contribution in [1.29, 1.82) is 0 Å². The quantitative estimate of drug-likeness (QED) is 0.627. The van der Waals surface area contributed by atoms with E-state index in [9.17, 15) is 4.39 Å². The lowest BCUT2D eigenvalue weighted by Crippen LogP contribution is -2.26. The summed E-state index contributed by atoms with van der Waals surface area (Å²) in [6.45, 7) is 3.19. The molecule has 0 aliphatic carbocycles. The van der Waals surface area contributed by atoms with Gasteiger partial charge < -0.3 is 15.4 Å². The predicted octanol–water partition coefficient (Wildman–Crippen LogP) is 4.44. The molecule has 0 atom stereocenters. The minimum absolute atomic E-state index is 0.214. The first-order valence-electron chi connectivity index (χ1n) is 9.34. The highest BCUT2D eigenvalue weighted by Gasteiger charge is 2.20. The number of halogens is 1. The summed E-state index contributed by atoms with van der Waals surface area (Å²) in [5.41, 5.74) is 5.60. The lowest BCUT2D eigenvalue weighted by atomic mass is 9.94. The Kier molecular flexibility index (Phi) is 6.55. The Morgan fingerprint density at radius 2 is 1.68 bits per heavy atom. The van der Waals surface area contributed by atoms with Crippen LogP contribution in [0.15, 0.2) is 54.9 Å². The molecule has 146 valence electrons. The Bertz CT molecular complexity index is 897. The number of aromatic amines is 1. The number of aromatic nitrogens is 2. The lowest BCUT2D eigenvalue weighted by Gasteiger charge is -2.21. The fourth-order valence-electron chi connectivity index (χ4n) is 3.43. The molecule has 5 nitrogen and oxygen atoms in total. The standard InChI is InChI=1S/C20H20FN3.C2H4O2/c21-17-3-1-16(2-4-17)20-18(14-5-9-22-10-6-14)13-19(24-20)15-7-11-23-12-8-15;1-2(3)4/h1-6,9-10,13,15,23-24H,7-8,11-12H2;1H3,(H,3,4). The number of hydrogen-bond donors (Lipinski definition) is 3. The Hall–Kier alpha value is -2.99. The maximum Gasteiger partial charge on any atom is 0.300 e. The molecule has 3 aromatic rings. The summed E-state index contributed by atoms with van der Waals surface area (Å²) in [4.78, 5) is 16.7. The third-order valence-corrected chi connectivity index (χ3v) is 4.74. The van der Waals surface area contributed by atoms with Gasteiger partial charge in [-0.25, -0.2) is 4.39 Å². The smallest absolute Gasteiger partial charge is 0.300 e. The molecule has 3 heterocycles. The van der Waals surface area contributed by atoms with Gasteiger partial charge in [0.25, 0.3) is 5.97 Å². The minimum atomic E-state index is -0.833. The lowest BCUT2D eigenvalue weighted by molar-refractivity contribution is -0.134. The van der Waals surface area contributed by atoms with Gasteiger partial charge in [-0.1, -0.05) is 0 Å². The molecule has 0 amide bonds. The van der Waals surface area contributed by atoms with Crippen molar-refractivity contribution >= 4 is 5.97 Å². The summed E-state index contributed by atoms with van der Waals surface area (Å²) < 4.78 is 13.3. The molecule has 0 saturated carbocycles. The van der Waals surface area contributed by atoms with Crippen LogP contribution in [0, 0.1) is 5.82 Å². The van der Waals surface area contributed by atoms with Crippen molar-refractivity contribution in [2.45, 2.75) is 25.7 Å². The van der Waals surface area contributed by atoms with Crippen LogP contribution in [-0.4, -0.2) is 34.1 Å². The van der Waals surface area contributed by atoms with Crippen molar-refractivity contribution in [3.63, 3.8) is 0 Å². The summed E-state index contributed by atoms with van der Waals surface area (Å²) in [6.07, 6.45) is 5.89. The van der Waals surface area contributed by atoms with Gasteiger partial charge in [-0.3, -0.25) is 9.78 Å². The van der Waals surface area contributed by atoms with Crippen LogP contribution in [0.25, 0.3) is 22.4 Å². The number of carbonyl (C=O) groups is 1. The van der Waals surface area contributed by atoms with Crippen LogP contribution >= 0.6 is 0 Å². The van der Waals surface area contributed by atoms with Crippen molar-refractivity contribution in [3.05, 3.63) is 66.4 Å².